The van der Waals surface area contributed by atoms with Crippen LogP contribution in [0.4, 0.5) is 0 Å². The van der Waals surface area contributed by atoms with Gasteiger partial charge in [0.25, 0.3) is 0 Å². The van der Waals surface area contributed by atoms with Crippen molar-refractivity contribution in [3.8, 4) is 22.3 Å². The van der Waals surface area contributed by atoms with Crippen LogP contribution in [0.2, 0.25) is 0 Å². The highest BCUT2D eigenvalue weighted by Crippen LogP contribution is 2.31. The molecule has 0 spiro atoms. The molecule has 0 aromatic heterocycles. The van der Waals surface area contributed by atoms with Crippen LogP contribution in [0.25, 0.3) is 34.4 Å². The van der Waals surface area contributed by atoms with Crippen molar-refractivity contribution in [2.45, 2.75) is 0 Å². The lowest BCUT2D eigenvalue weighted by Gasteiger charge is -1.97. The second-order valence-electron chi connectivity index (χ2n) is 5.47. The highest BCUT2D eigenvalue weighted by Gasteiger charge is 2.07. The van der Waals surface area contributed by atoms with Gasteiger partial charge in [-0.2, -0.15) is 0 Å². The summed E-state index contributed by atoms with van der Waals surface area (Å²) in [5.74, 6) is 0. The van der Waals surface area contributed by atoms with Crippen LogP contribution in [0.3, 0.4) is 0 Å². The SMILES string of the molecule is C(=Cc1ccc2cccccc1-2)c1ccc2cccccc1-2. The van der Waals surface area contributed by atoms with Crippen molar-refractivity contribution in [3.05, 3.63) is 96.1 Å². The Morgan fingerprint density at radius 1 is 0.409 bits per heavy atom. The maximum Gasteiger partial charge on any atom is -0.0111 e. The van der Waals surface area contributed by atoms with Crippen molar-refractivity contribution in [2.75, 3.05) is 0 Å². The van der Waals surface area contributed by atoms with Crippen LogP contribution < -0.4 is 0 Å². The van der Waals surface area contributed by atoms with E-state index < -0.39 is 0 Å². The summed E-state index contributed by atoms with van der Waals surface area (Å²) in [5, 5.41) is 0. The molecule has 0 aromatic rings. The predicted octanol–water partition coefficient (Wildman–Crippen LogP) is 6.07. The van der Waals surface area contributed by atoms with Crippen molar-refractivity contribution < 1.29 is 0 Å². The molecule has 104 valence electrons. The van der Waals surface area contributed by atoms with Crippen molar-refractivity contribution in [2.24, 2.45) is 0 Å². The minimum Gasteiger partial charge on any atom is -0.0622 e. The van der Waals surface area contributed by atoms with Gasteiger partial charge in [-0.3, -0.25) is 0 Å². The largest absolute Gasteiger partial charge is 0.0622 e. The molecule has 0 unspecified atom stereocenters. The monoisotopic (exact) mass is 280 g/mol. The molecule has 0 heteroatoms. The van der Waals surface area contributed by atoms with E-state index in [9.17, 15) is 0 Å². The average molecular weight is 280 g/mol. The Morgan fingerprint density at radius 2 is 0.864 bits per heavy atom. The molecule has 0 radical (unpaired) electrons. The Hall–Kier alpha value is -2.86. The van der Waals surface area contributed by atoms with Crippen LogP contribution in [0.1, 0.15) is 11.1 Å². The van der Waals surface area contributed by atoms with E-state index in [0.717, 1.165) is 0 Å². The molecule has 0 saturated carbocycles. The molecule has 0 aliphatic heterocycles. The summed E-state index contributed by atoms with van der Waals surface area (Å²) >= 11 is 0. The van der Waals surface area contributed by atoms with Gasteiger partial charge in [-0.1, -0.05) is 97.1 Å². The van der Waals surface area contributed by atoms with Crippen LogP contribution >= 0.6 is 0 Å². The van der Waals surface area contributed by atoms with Crippen LogP contribution in [-0.2, 0) is 0 Å². The second kappa shape index (κ2) is 5.50. The number of rotatable bonds is 2. The van der Waals surface area contributed by atoms with Crippen LogP contribution in [0.15, 0.2) is 84.9 Å². The van der Waals surface area contributed by atoms with E-state index in [1.54, 1.807) is 0 Å². The standard InChI is InChI=1S/C22H16/c1-3-7-17-11-13-19(21(17)9-5-1)15-16-20-14-12-18-8-4-2-6-10-22(18)20/h1-16H. The lowest BCUT2D eigenvalue weighted by Crippen LogP contribution is -1.73. The number of hydrogen-bond donors (Lipinski definition) is 0. The van der Waals surface area contributed by atoms with Gasteiger partial charge in [0.05, 0.1) is 0 Å². The minimum absolute atomic E-state index is 1.26. The number of fused-ring (bicyclic) bond motifs is 2. The predicted molar refractivity (Wildman–Crippen MR) is 95.1 cm³/mol. The summed E-state index contributed by atoms with van der Waals surface area (Å²) in [6.07, 6.45) is 4.42. The fourth-order valence-corrected chi connectivity index (χ4v) is 2.95. The van der Waals surface area contributed by atoms with E-state index in [2.05, 4.69) is 97.1 Å². The molecule has 0 fully saturated rings. The lowest BCUT2D eigenvalue weighted by molar-refractivity contribution is 1.78. The fourth-order valence-electron chi connectivity index (χ4n) is 2.95. The normalized spacial score (nSPS) is 11.5. The van der Waals surface area contributed by atoms with E-state index in [1.165, 1.54) is 33.4 Å². The van der Waals surface area contributed by atoms with Crippen LogP contribution in [0.5, 0.6) is 0 Å². The summed E-state index contributed by atoms with van der Waals surface area (Å²) in [5.41, 5.74) is 7.68. The molecule has 0 heterocycles. The summed E-state index contributed by atoms with van der Waals surface area (Å²) in [4.78, 5) is 0. The zero-order valence-electron chi connectivity index (χ0n) is 12.2. The van der Waals surface area contributed by atoms with Gasteiger partial charge in [0.1, 0.15) is 0 Å². The van der Waals surface area contributed by atoms with Crippen LogP contribution in [0, 0.1) is 0 Å². The first-order valence-corrected chi connectivity index (χ1v) is 7.55. The molecule has 0 atom stereocenters. The molecule has 0 saturated heterocycles. The van der Waals surface area contributed by atoms with Crippen molar-refractivity contribution in [1.82, 2.24) is 0 Å². The van der Waals surface area contributed by atoms with Gasteiger partial charge in [0.15, 0.2) is 0 Å². The lowest BCUT2D eigenvalue weighted by atomic mass is 10.1. The third kappa shape index (κ3) is 2.29. The molecule has 0 nitrogen and oxygen atoms in total. The zero-order valence-corrected chi connectivity index (χ0v) is 12.2. The van der Waals surface area contributed by atoms with E-state index in [4.69, 9.17) is 0 Å². The Kier molecular flexibility index (Phi) is 3.21. The molecule has 0 amide bonds. The van der Waals surface area contributed by atoms with Gasteiger partial charge in [-0.15, -0.1) is 0 Å². The highest BCUT2D eigenvalue weighted by molar-refractivity contribution is 5.87. The quantitative estimate of drug-likeness (QED) is 0.418. The summed E-state index contributed by atoms with van der Waals surface area (Å²) < 4.78 is 0. The van der Waals surface area contributed by atoms with Crippen LogP contribution in [-0.4, -0.2) is 0 Å². The molecule has 4 aliphatic rings. The van der Waals surface area contributed by atoms with Gasteiger partial charge in [0, 0.05) is 0 Å². The average Bonchev–Trinajstić information content (AvgIpc) is 2.90. The van der Waals surface area contributed by atoms with E-state index in [1.807, 2.05) is 0 Å². The fraction of sp³-hybridized carbons (Fsp3) is 0. The van der Waals surface area contributed by atoms with E-state index >= 15 is 0 Å². The Morgan fingerprint density at radius 3 is 1.36 bits per heavy atom. The maximum absolute atomic E-state index is 2.21. The molecule has 22 heavy (non-hydrogen) atoms. The highest BCUT2D eigenvalue weighted by atomic mass is 14.1. The zero-order chi connectivity index (χ0) is 14.8. The molecular weight excluding hydrogens is 264 g/mol. The first-order chi connectivity index (χ1) is 10.9. The van der Waals surface area contributed by atoms with Gasteiger partial charge in [0.2, 0.25) is 0 Å². The molecule has 0 N–H and O–H groups in total. The van der Waals surface area contributed by atoms with Crippen molar-refractivity contribution >= 4 is 12.2 Å². The second-order valence-corrected chi connectivity index (χ2v) is 5.47. The summed E-state index contributed by atoms with van der Waals surface area (Å²) in [7, 11) is 0. The van der Waals surface area contributed by atoms with Gasteiger partial charge in [-0.25, -0.2) is 0 Å². The summed E-state index contributed by atoms with van der Waals surface area (Å²) in [6.45, 7) is 0. The molecule has 4 aliphatic carbocycles. The third-order valence-electron chi connectivity index (χ3n) is 4.09. The van der Waals surface area contributed by atoms with Gasteiger partial charge < -0.3 is 0 Å². The van der Waals surface area contributed by atoms with Gasteiger partial charge >= 0.3 is 0 Å². The molecular formula is C22H16. The first kappa shape index (κ1) is 12.8. The van der Waals surface area contributed by atoms with E-state index in [-0.39, 0.29) is 0 Å². The minimum atomic E-state index is 1.26. The Balaban J connectivity index is 1.73. The van der Waals surface area contributed by atoms with Crippen molar-refractivity contribution in [1.29, 1.82) is 0 Å². The molecule has 4 rings (SSSR count). The number of hydrogen-bond acceptors (Lipinski definition) is 0. The third-order valence-corrected chi connectivity index (χ3v) is 4.09. The Bertz CT molecular complexity index is 811. The smallest absolute Gasteiger partial charge is 0.0111 e. The summed E-state index contributed by atoms with van der Waals surface area (Å²) in [6, 6.07) is 29.9. The van der Waals surface area contributed by atoms with Gasteiger partial charge in [-0.05, 0) is 33.4 Å². The first-order valence-electron chi connectivity index (χ1n) is 7.55. The van der Waals surface area contributed by atoms with Crippen molar-refractivity contribution in [3.63, 3.8) is 0 Å². The topological polar surface area (TPSA) is 0 Å². The van der Waals surface area contributed by atoms with E-state index in [0.29, 0.717) is 0 Å². The maximum atomic E-state index is 2.21. The molecule has 0 aromatic carbocycles. The Labute approximate surface area is 131 Å². The molecule has 0 bridgehead atoms.